The first-order valence-corrected chi connectivity index (χ1v) is 10.5. The zero-order valence-electron chi connectivity index (χ0n) is 16.6. The van der Waals surface area contributed by atoms with Crippen LogP contribution in [0.25, 0.3) is 0 Å². The molecule has 148 valence electrons. The van der Waals surface area contributed by atoms with E-state index in [9.17, 15) is 9.59 Å². The monoisotopic (exact) mass is 372 g/mol. The molecular weight excluding hydrogens is 340 g/mol. The summed E-state index contributed by atoms with van der Waals surface area (Å²) in [5, 5.41) is 3.06. The number of rotatable bonds is 7. The van der Waals surface area contributed by atoms with E-state index in [1.807, 2.05) is 25.1 Å². The minimum atomic E-state index is -0.0294. The quantitative estimate of drug-likeness (QED) is 0.751. The van der Waals surface area contributed by atoms with Crippen molar-refractivity contribution in [2.24, 2.45) is 11.8 Å². The normalized spacial score (nSPS) is 22.1. The average Bonchev–Trinajstić information content (AvgIpc) is 2.69. The molecule has 1 aromatic carbocycles. The van der Waals surface area contributed by atoms with E-state index in [0.29, 0.717) is 12.3 Å². The van der Waals surface area contributed by atoms with Crippen molar-refractivity contribution >= 4 is 23.2 Å². The fraction of sp³-hybridized carbons (Fsp3) is 0.636. The van der Waals surface area contributed by atoms with Crippen molar-refractivity contribution in [2.45, 2.75) is 65.2 Å². The van der Waals surface area contributed by atoms with Gasteiger partial charge in [0.1, 0.15) is 5.75 Å². The van der Waals surface area contributed by atoms with Crippen molar-refractivity contribution in [1.29, 1.82) is 0 Å². The number of carbonyl (C=O) groups is 2. The molecule has 1 aliphatic heterocycles. The topological polar surface area (TPSA) is 58.6 Å². The summed E-state index contributed by atoms with van der Waals surface area (Å²) in [4.78, 5) is 26.6. The van der Waals surface area contributed by atoms with Crippen molar-refractivity contribution in [1.82, 2.24) is 0 Å². The molecule has 0 saturated heterocycles. The largest absolute Gasteiger partial charge is 0.482 e. The van der Waals surface area contributed by atoms with Gasteiger partial charge in [-0.25, -0.2) is 0 Å². The van der Waals surface area contributed by atoms with Crippen LogP contribution in [0.4, 0.5) is 11.4 Å². The first-order chi connectivity index (χ1) is 13.1. The summed E-state index contributed by atoms with van der Waals surface area (Å²) < 4.78 is 5.53. The highest BCUT2D eigenvalue weighted by molar-refractivity contribution is 5.99. The molecule has 1 N–H and O–H groups in total. The van der Waals surface area contributed by atoms with Gasteiger partial charge in [0, 0.05) is 18.2 Å². The molecule has 2 amide bonds. The molecule has 0 radical (unpaired) electrons. The zero-order valence-corrected chi connectivity index (χ0v) is 16.6. The molecule has 0 bridgehead atoms. The van der Waals surface area contributed by atoms with Crippen LogP contribution in [0, 0.1) is 11.8 Å². The third-order valence-electron chi connectivity index (χ3n) is 5.80. The predicted octanol–water partition coefficient (Wildman–Crippen LogP) is 4.76. The lowest BCUT2D eigenvalue weighted by atomic mass is 9.79. The lowest BCUT2D eigenvalue weighted by Crippen LogP contribution is -2.39. The van der Waals surface area contributed by atoms with E-state index in [2.05, 4.69) is 12.2 Å². The van der Waals surface area contributed by atoms with Crippen LogP contribution < -0.4 is 15.0 Å². The van der Waals surface area contributed by atoms with Crippen molar-refractivity contribution < 1.29 is 14.3 Å². The van der Waals surface area contributed by atoms with Gasteiger partial charge < -0.3 is 15.0 Å². The highest BCUT2D eigenvalue weighted by Crippen LogP contribution is 2.36. The molecule has 1 aromatic rings. The highest BCUT2D eigenvalue weighted by atomic mass is 16.5. The molecule has 0 unspecified atom stereocenters. The van der Waals surface area contributed by atoms with E-state index in [1.165, 1.54) is 19.3 Å². The first kappa shape index (κ1) is 19.7. The number of hydrogen-bond donors (Lipinski definition) is 1. The standard InChI is InChI=1S/C22H32N2O3/c1-3-5-6-16-7-9-17(10-8-16)22(26)23-18-11-12-20-19(14-18)24(13-4-2)21(25)15-27-20/h11-12,14,16-17H,3-10,13,15H2,1-2H3,(H,23,26). The smallest absolute Gasteiger partial charge is 0.265 e. The van der Waals surface area contributed by atoms with Crippen LogP contribution >= 0.6 is 0 Å². The number of amides is 2. The third kappa shape index (κ3) is 4.82. The number of nitrogens with one attached hydrogen (secondary N) is 1. The number of fused-ring (bicyclic) bond motifs is 1. The van der Waals surface area contributed by atoms with Gasteiger partial charge in [-0.1, -0.05) is 33.1 Å². The van der Waals surface area contributed by atoms with Crippen molar-refractivity contribution in [3.63, 3.8) is 0 Å². The Labute approximate surface area is 162 Å². The summed E-state index contributed by atoms with van der Waals surface area (Å²) in [6, 6.07) is 5.58. The van der Waals surface area contributed by atoms with Crippen LogP contribution in [0.15, 0.2) is 18.2 Å². The van der Waals surface area contributed by atoms with Gasteiger partial charge in [-0.15, -0.1) is 0 Å². The Kier molecular flexibility index (Phi) is 6.75. The molecule has 3 rings (SSSR count). The summed E-state index contributed by atoms with van der Waals surface area (Å²) in [7, 11) is 0. The molecule has 1 fully saturated rings. The summed E-state index contributed by atoms with van der Waals surface area (Å²) in [6.07, 6.45) is 9.01. The number of anilines is 2. The van der Waals surface area contributed by atoms with E-state index in [-0.39, 0.29) is 24.3 Å². The van der Waals surface area contributed by atoms with E-state index in [0.717, 1.165) is 49.4 Å². The van der Waals surface area contributed by atoms with Crippen molar-refractivity contribution in [2.75, 3.05) is 23.4 Å². The van der Waals surface area contributed by atoms with Crippen LogP contribution in [0.3, 0.4) is 0 Å². The molecular formula is C22H32N2O3. The van der Waals surface area contributed by atoms with E-state index >= 15 is 0 Å². The molecule has 0 spiro atoms. The number of benzene rings is 1. The van der Waals surface area contributed by atoms with Crippen molar-refractivity contribution in [3.05, 3.63) is 18.2 Å². The number of carbonyl (C=O) groups excluding carboxylic acids is 2. The van der Waals surface area contributed by atoms with Gasteiger partial charge in [-0.2, -0.15) is 0 Å². The molecule has 1 saturated carbocycles. The van der Waals surface area contributed by atoms with Gasteiger partial charge >= 0.3 is 0 Å². The predicted molar refractivity (Wildman–Crippen MR) is 108 cm³/mol. The summed E-state index contributed by atoms with van der Waals surface area (Å²) in [6.45, 7) is 5.02. The molecule has 0 atom stereocenters. The van der Waals surface area contributed by atoms with Crippen LogP contribution in [0.5, 0.6) is 5.75 Å². The van der Waals surface area contributed by atoms with Gasteiger partial charge in [0.05, 0.1) is 5.69 Å². The maximum Gasteiger partial charge on any atom is 0.265 e. The van der Waals surface area contributed by atoms with E-state index in [4.69, 9.17) is 4.74 Å². The summed E-state index contributed by atoms with van der Waals surface area (Å²) in [5.74, 6) is 1.68. The maximum absolute atomic E-state index is 12.7. The Balaban J connectivity index is 1.61. The Hall–Kier alpha value is -2.04. The SMILES string of the molecule is CCCCC1CCC(C(=O)Nc2ccc3c(c2)N(CCC)C(=O)CO3)CC1. The Morgan fingerprint density at radius 3 is 2.67 bits per heavy atom. The van der Waals surface area contributed by atoms with Gasteiger partial charge in [-0.3, -0.25) is 9.59 Å². The third-order valence-corrected chi connectivity index (χ3v) is 5.80. The van der Waals surface area contributed by atoms with Gasteiger partial charge in [0.2, 0.25) is 5.91 Å². The van der Waals surface area contributed by atoms with Crippen LogP contribution in [0.1, 0.15) is 65.2 Å². The minimum Gasteiger partial charge on any atom is -0.482 e. The maximum atomic E-state index is 12.7. The molecule has 2 aliphatic rings. The lowest BCUT2D eigenvalue weighted by molar-refractivity contribution is -0.121. The van der Waals surface area contributed by atoms with Gasteiger partial charge in [0.25, 0.3) is 5.91 Å². The first-order valence-electron chi connectivity index (χ1n) is 10.5. The second kappa shape index (κ2) is 9.25. The molecule has 1 aliphatic carbocycles. The van der Waals surface area contributed by atoms with Gasteiger partial charge in [-0.05, 0) is 56.2 Å². The summed E-state index contributed by atoms with van der Waals surface area (Å²) in [5.41, 5.74) is 1.50. The number of unbranched alkanes of at least 4 members (excludes halogenated alkanes) is 1. The Morgan fingerprint density at radius 2 is 1.96 bits per heavy atom. The highest BCUT2D eigenvalue weighted by Gasteiger charge is 2.28. The summed E-state index contributed by atoms with van der Waals surface area (Å²) >= 11 is 0. The number of hydrogen-bond acceptors (Lipinski definition) is 3. The average molecular weight is 373 g/mol. The van der Waals surface area contributed by atoms with Crippen molar-refractivity contribution in [3.8, 4) is 5.75 Å². The molecule has 1 heterocycles. The van der Waals surface area contributed by atoms with Crippen LogP contribution in [-0.4, -0.2) is 25.0 Å². The zero-order chi connectivity index (χ0) is 19.2. The fourth-order valence-corrected chi connectivity index (χ4v) is 4.20. The molecule has 27 heavy (non-hydrogen) atoms. The fourth-order valence-electron chi connectivity index (χ4n) is 4.20. The lowest BCUT2D eigenvalue weighted by Gasteiger charge is -2.30. The van der Waals surface area contributed by atoms with E-state index in [1.54, 1.807) is 4.90 Å². The Bertz CT molecular complexity index is 666. The second-order valence-corrected chi connectivity index (χ2v) is 7.87. The second-order valence-electron chi connectivity index (χ2n) is 7.87. The van der Waals surface area contributed by atoms with E-state index < -0.39 is 0 Å². The minimum absolute atomic E-state index is 0.0294. The molecule has 5 nitrogen and oxygen atoms in total. The van der Waals surface area contributed by atoms with Crippen LogP contribution in [-0.2, 0) is 9.59 Å². The molecule has 0 aromatic heterocycles. The Morgan fingerprint density at radius 1 is 1.19 bits per heavy atom. The number of nitrogens with zero attached hydrogens (tertiary/aromatic N) is 1. The van der Waals surface area contributed by atoms with Crippen LogP contribution in [0.2, 0.25) is 0 Å². The number of ether oxygens (including phenoxy) is 1. The van der Waals surface area contributed by atoms with Gasteiger partial charge in [0.15, 0.2) is 6.61 Å². The molecule has 5 heteroatoms.